The third kappa shape index (κ3) is 3.78. The fraction of sp³-hybridized carbons (Fsp3) is 0.400. The Bertz CT molecular complexity index is 1070. The highest BCUT2D eigenvalue weighted by Gasteiger charge is 2.31. The quantitative estimate of drug-likeness (QED) is 0.633. The van der Waals surface area contributed by atoms with Gasteiger partial charge in [0.05, 0.1) is 31.6 Å². The molecular weight excluding hydrogens is 391 g/mol. The number of hydrogen-bond acceptors (Lipinski definition) is 7. The van der Waals surface area contributed by atoms with Gasteiger partial charge in [0.15, 0.2) is 5.65 Å². The minimum absolute atomic E-state index is 0.135. The van der Waals surface area contributed by atoms with E-state index in [0.717, 1.165) is 25.6 Å². The second-order valence-electron chi connectivity index (χ2n) is 7.27. The molecular formula is C20H23FN6O3. The maximum absolute atomic E-state index is 13.9. The van der Waals surface area contributed by atoms with Gasteiger partial charge in [0.1, 0.15) is 17.2 Å². The third-order valence-corrected chi connectivity index (χ3v) is 5.10. The number of aliphatic hydroxyl groups is 1. The number of methoxy groups -OCH3 is 1. The molecule has 0 bridgehead atoms. The molecule has 0 radical (unpaired) electrons. The molecule has 0 spiro atoms. The number of rotatable bonds is 6. The van der Waals surface area contributed by atoms with Gasteiger partial charge in [-0.2, -0.15) is 5.10 Å². The van der Waals surface area contributed by atoms with Crippen LogP contribution in [-0.2, 0) is 0 Å². The Morgan fingerprint density at radius 1 is 1.47 bits per heavy atom. The second kappa shape index (κ2) is 8.23. The number of fused-ring (bicyclic) bond motifs is 1. The van der Waals surface area contributed by atoms with E-state index in [1.807, 2.05) is 6.07 Å². The molecule has 3 aromatic rings. The lowest BCUT2D eigenvalue weighted by Gasteiger charge is -2.26. The first-order chi connectivity index (χ1) is 14.5. The predicted molar refractivity (Wildman–Crippen MR) is 107 cm³/mol. The number of anilines is 1. The number of nitrogens with zero attached hydrogens (tertiary/aromatic N) is 5. The average Bonchev–Trinajstić information content (AvgIpc) is 3.38. The van der Waals surface area contributed by atoms with Crippen LogP contribution in [0, 0.1) is 5.82 Å². The van der Waals surface area contributed by atoms with E-state index in [1.165, 1.54) is 23.9 Å². The zero-order valence-corrected chi connectivity index (χ0v) is 16.7. The normalized spacial score (nSPS) is 17.3. The summed E-state index contributed by atoms with van der Waals surface area (Å²) in [4.78, 5) is 23.2. The summed E-state index contributed by atoms with van der Waals surface area (Å²) in [6, 6.07) is 3.12. The number of hydrogen-bond donors (Lipinski definition) is 2. The molecule has 1 amide bonds. The van der Waals surface area contributed by atoms with Crippen LogP contribution in [0.4, 0.5) is 10.2 Å². The van der Waals surface area contributed by atoms with Crippen molar-refractivity contribution in [1.82, 2.24) is 24.9 Å². The Balaban J connectivity index is 1.68. The Kier molecular flexibility index (Phi) is 5.49. The molecule has 3 aromatic heterocycles. The van der Waals surface area contributed by atoms with Gasteiger partial charge in [-0.1, -0.05) is 0 Å². The first kappa shape index (κ1) is 20.0. The molecule has 4 rings (SSSR count). The van der Waals surface area contributed by atoms with Gasteiger partial charge in [0, 0.05) is 24.8 Å². The molecule has 0 aromatic carbocycles. The monoisotopic (exact) mass is 414 g/mol. The van der Waals surface area contributed by atoms with Crippen molar-refractivity contribution in [3.63, 3.8) is 0 Å². The van der Waals surface area contributed by atoms with Gasteiger partial charge in [-0.25, -0.2) is 18.9 Å². The van der Waals surface area contributed by atoms with Crippen LogP contribution in [0.25, 0.3) is 5.65 Å². The van der Waals surface area contributed by atoms with E-state index in [2.05, 4.69) is 25.3 Å². The Morgan fingerprint density at radius 2 is 2.30 bits per heavy atom. The summed E-state index contributed by atoms with van der Waals surface area (Å²) >= 11 is 0. The second-order valence-corrected chi connectivity index (χ2v) is 7.27. The first-order valence-electron chi connectivity index (χ1n) is 9.74. The van der Waals surface area contributed by atoms with Crippen molar-refractivity contribution in [3.8, 4) is 5.88 Å². The van der Waals surface area contributed by atoms with Crippen molar-refractivity contribution in [2.75, 3.05) is 25.1 Å². The Labute approximate surface area is 172 Å². The smallest absolute Gasteiger partial charge is 0.256 e. The number of ether oxygens (including phenoxy) is 1. The van der Waals surface area contributed by atoms with E-state index < -0.39 is 11.9 Å². The van der Waals surface area contributed by atoms with Crippen LogP contribution < -0.4 is 15.0 Å². The van der Waals surface area contributed by atoms with Gasteiger partial charge < -0.3 is 20.1 Å². The number of carbonyl (C=O) groups is 1. The Hall–Kier alpha value is -3.27. The first-order valence-corrected chi connectivity index (χ1v) is 9.74. The van der Waals surface area contributed by atoms with Crippen LogP contribution >= 0.6 is 0 Å². The van der Waals surface area contributed by atoms with Crippen molar-refractivity contribution < 1.29 is 19.0 Å². The van der Waals surface area contributed by atoms with Gasteiger partial charge >= 0.3 is 0 Å². The third-order valence-electron chi connectivity index (χ3n) is 5.10. The van der Waals surface area contributed by atoms with Crippen LogP contribution in [0.2, 0.25) is 0 Å². The van der Waals surface area contributed by atoms with E-state index in [9.17, 15) is 14.3 Å². The Morgan fingerprint density at radius 3 is 3.07 bits per heavy atom. The summed E-state index contributed by atoms with van der Waals surface area (Å²) < 4.78 is 20.7. The molecule has 1 fully saturated rings. The molecule has 1 saturated heterocycles. The zero-order chi connectivity index (χ0) is 21.3. The van der Waals surface area contributed by atoms with Crippen molar-refractivity contribution in [3.05, 3.63) is 47.7 Å². The number of aliphatic hydroxyl groups excluding tert-OH is 1. The van der Waals surface area contributed by atoms with Gasteiger partial charge in [0.2, 0.25) is 5.88 Å². The maximum atomic E-state index is 13.9. The molecule has 1 aliphatic heterocycles. The fourth-order valence-corrected chi connectivity index (χ4v) is 3.73. The molecule has 158 valence electrons. The lowest BCUT2D eigenvalue weighted by atomic mass is 10.1. The number of nitrogens with one attached hydrogen (secondary N) is 1. The lowest BCUT2D eigenvalue weighted by Crippen LogP contribution is -2.30. The molecule has 30 heavy (non-hydrogen) atoms. The molecule has 9 nitrogen and oxygen atoms in total. The average molecular weight is 414 g/mol. The number of amides is 1. The zero-order valence-electron chi connectivity index (χ0n) is 16.7. The SMILES string of the molecule is COc1ncc(F)cc1C1CCCN1c1ccn2ncc(C(=O)NCC(C)O)c2n1. The molecule has 2 N–H and O–H groups in total. The minimum Gasteiger partial charge on any atom is -0.481 e. The van der Waals surface area contributed by atoms with E-state index in [-0.39, 0.29) is 18.5 Å². The number of halogens is 1. The van der Waals surface area contributed by atoms with E-state index in [1.54, 1.807) is 13.1 Å². The van der Waals surface area contributed by atoms with Gasteiger partial charge in [-0.05, 0) is 31.9 Å². The van der Waals surface area contributed by atoms with Gasteiger partial charge in [0.25, 0.3) is 5.91 Å². The van der Waals surface area contributed by atoms with Crippen molar-refractivity contribution >= 4 is 17.4 Å². The predicted octanol–water partition coefficient (Wildman–Crippen LogP) is 1.72. The highest BCUT2D eigenvalue weighted by atomic mass is 19.1. The molecule has 0 aliphatic carbocycles. The minimum atomic E-state index is -0.653. The number of pyridine rings is 1. The van der Waals surface area contributed by atoms with Crippen LogP contribution in [-0.4, -0.2) is 56.9 Å². The molecule has 10 heteroatoms. The van der Waals surface area contributed by atoms with Gasteiger partial charge in [-0.3, -0.25) is 4.79 Å². The lowest BCUT2D eigenvalue weighted by molar-refractivity contribution is 0.0925. The van der Waals surface area contributed by atoms with Gasteiger partial charge in [-0.15, -0.1) is 0 Å². The summed E-state index contributed by atoms with van der Waals surface area (Å²) in [5.74, 6) is 0.261. The van der Waals surface area contributed by atoms with Crippen LogP contribution in [0.15, 0.2) is 30.7 Å². The molecule has 4 heterocycles. The summed E-state index contributed by atoms with van der Waals surface area (Å²) in [6.07, 6.45) is 5.37. The molecule has 0 saturated carbocycles. The largest absolute Gasteiger partial charge is 0.481 e. The topological polar surface area (TPSA) is 105 Å². The number of carbonyl (C=O) groups excluding carboxylic acids is 1. The summed E-state index contributed by atoms with van der Waals surface area (Å²) in [6.45, 7) is 2.46. The summed E-state index contributed by atoms with van der Waals surface area (Å²) in [7, 11) is 1.51. The van der Waals surface area contributed by atoms with E-state index >= 15 is 0 Å². The van der Waals surface area contributed by atoms with Crippen LogP contribution in [0.1, 0.15) is 41.7 Å². The van der Waals surface area contributed by atoms with Crippen molar-refractivity contribution in [1.29, 1.82) is 0 Å². The molecule has 2 atom stereocenters. The maximum Gasteiger partial charge on any atom is 0.256 e. The highest BCUT2D eigenvalue weighted by molar-refractivity contribution is 5.99. The summed E-state index contributed by atoms with van der Waals surface area (Å²) in [5.41, 5.74) is 1.39. The van der Waals surface area contributed by atoms with Crippen molar-refractivity contribution in [2.24, 2.45) is 0 Å². The molecule has 2 unspecified atom stereocenters. The fourth-order valence-electron chi connectivity index (χ4n) is 3.73. The standard InChI is InChI=1S/C20H23FN6O3/c1-12(28)9-22-19(29)15-11-24-27-7-5-17(25-18(15)27)26-6-3-4-16(26)14-8-13(21)10-23-20(14)30-2/h5,7-8,10-12,16,28H,3-4,6,9H2,1-2H3,(H,22,29). The summed E-state index contributed by atoms with van der Waals surface area (Å²) in [5, 5.41) is 16.2. The number of aromatic nitrogens is 4. The molecule has 1 aliphatic rings. The van der Waals surface area contributed by atoms with E-state index in [4.69, 9.17) is 4.74 Å². The van der Waals surface area contributed by atoms with Crippen molar-refractivity contribution in [2.45, 2.75) is 31.9 Å². The van der Waals surface area contributed by atoms with Crippen LogP contribution in [0.3, 0.4) is 0 Å². The van der Waals surface area contributed by atoms with E-state index in [0.29, 0.717) is 28.5 Å². The van der Waals surface area contributed by atoms with Crippen LogP contribution in [0.5, 0.6) is 5.88 Å². The highest BCUT2D eigenvalue weighted by Crippen LogP contribution is 2.38.